The van der Waals surface area contributed by atoms with Gasteiger partial charge >= 0.3 is 0 Å². The summed E-state index contributed by atoms with van der Waals surface area (Å²) < 4.78 is 6.63. The lowest BCUT2D eigenvalue weighted by Crippen LogP contribution is -2.01. The average molecular weight is 602 g/mol. The summed E-state index contributed by atoms with van der Waals surface area (Å²) in [6.07, 6.45) is 0. The van der Waals surface area contributed by atoms with Crippen LogP contribution in [0.1, 0.15) is 0 Å². The van der Waals surface area contributed by atoms with Crippen molar-refractivity contribution in [3.05, 3.63) is 164 Å². The largest absolute Gasteiger partial charge is 0.455 e. The van der Waals surface area contributed by atoms with Gasteiger partial charge in [0.05, 0.1) is 0 Å². The molecule has 0 amide bonds. The first-order chi connectivity index (χ1) is 23.3. The van der Waals surface area contributed by atoms with Crippen molar-refractivity contribution in [1.82, 2.24) is 15.0 Å². The molecule has 0 bridgehead atoms. The van der Waals surface area contributed by atoms with Crippen molar-refractivity contribution in [2.75, 3.05) is 0 Å². The molecule has 4 nitrogen and oxygen atoms in total. The summed E-state index contributed by atoms with van der Waals surface area (Å²) in [5.41, 5.74) is 8.89. The molecule has 0 spiro atoms. The topological polar surface area (TPSA) is 51.8 Å². The molecule has 7 aromatic carbocycles. The van der Waals surface area contributed by atoms with Crippen LogP contribution in [0.2, 0.25) is 0 Å². The SMILES string of the molecule is c1ccc(-c2ccc(-c3ccc(-c4nc(-c5ccccc5)nc(-c5cccc6ccccc56)n4)c4c3oc3ccccc34)cc2)cc1. The van der Waals surface area contributed by atoms with Crippen molar-refractivity contribution in [2.24, 2.45) is 0 Å². The van der Waals surface area contributed by atoms with Crippen molar-refractivity contribution < 1.29 is 4.42 Å². The fraction of sp³-hybridized carbons (Fsp3) is 0. The third-order valence-electron chi connectivity index (χ3n) is 8.77. The Bertz CT molecular complexity index is 2550. The first kappa shape index (κ1) is 27.0. The Kier molecular flexibility index (Phi) is 6.43. The molecule has 0 aliphatic heterocycles. The molecule has 47 heavy (non-hydrogen) atoms. The molecule has 0 unspecified atom stereocenters. The number of fused-ring (bicyclic) bond motifs is 4. The van der Waals surface area contributed by atoms with Gasteiger partial charge in [-0.05, 0) is 45.7 Å². The Morgan fingerprint density at radius 2 is 0.894 bits per heavy atom. The smallest absolute Gasteiger partial charge is 0.164 e. The van der Waals surface area contributed by atoms with Crippen LogP contribution in [0.5, 0.6) is 0 Å². The maximum atomic E-state index is 6.63. The highest BCUT2D eigenvalue weighted by molar-refractivity contribution is 6.15. The number of nitrogens with zero attached hydrogens (tertiary/aromatic N) is 3. The van der Waals surface area contributed by atoms with E-state index < -0.39 is 0 Å². The van der Waals surface area contributed by atoms with Gasteiger partial charge in [-0.25, -0.2) is 15.0 Å². The minimum atomic E-state index is 0.601. The molecule has 4 heteroatoms. The van der Waals surface area contributed by atoms with Crippen LogP contribution in [0.25, 0.3) is 89.1 Å². The molecule has 0 saturated heterocycles. The third kappa shape index (κ3) is 4.75. The second-order valence-electron chi connectivity index (χ2n) is 11.6. The fourth-order valence-corrected chi connectivity index (χ4v) is 6.47. The number of hydrogen-bond donors (Lipinski definition) is 0. The summed E-state index contributed by atoms with van der Waals surface area (Å²) in [6.45, 7) is 0. The predicted molar refractivity (Wildman–Crippen MR) is 192 cm³/mol. The second-order valence-corrected chi connectivity index (χ2v) is 11.6. The number of rotatable bonds is 5. The zero-order valence-corrected chi connectivity index (χ0v) is 25.3. The number of furan rings is 1. The Hall–Kier alpha value is -6.39. The van der Waals surface area contributed by atoms with Crippen LogP contribution in [0.3, 0.4) is 0 Å². The van der Waals surface area contributed by atoms with Crippen molar-refractivity contribution >= 4 is 32.7 Å². The molecular formula is C43H27N3O. The number of para-hydroxylation sites is 1. The van der Waals surface area contributed by atoms with E-state index in [0.29, 0.717) is 17.5 Å². The van der Waals surface area contributed by atoms with Gasteiger partial charge in [0.2, 0.25) is 0 Å². The van der Waals surface area contributed by atoms with Gasteiger partial charge in [0.25, 0.3) is 0 Å². The van der Waals surface area contributed by atoms with E-state index >= 15 is 0 Å². The lowest BCUT2D eigenvalue weighted by molar-refractivity contribution is 0.670. The summed E-state index contributed by atoms with van der Waals surface area (Å²) in [6, 6.07) is 56.2. The number of benzene rings is 7. The van der Waals surface area contributed by atoms with Crippen LogP contribution >= 0.6 is 0 Å². The molecule has 0 aliphatic carbocycles. The van der Waals surface area contributed by atoms with Gasteiger partial charge in [0.15, 0.2) is 17.5 Å². The van der Waals surface area contributed by atoms with Crippen LogP contribution in [-0.2, 0) is 0 Å². The Labute approximate surface area is 271 Å². The normalized spacial score (nSPS) is 11.4. The minimum absolute atomic E-state index is 0.601. The molecule has 2 aromatic heterocycles. The van der Waals surface area contributed by atoms with E-state index in [1.165, 1.54) is 11.1 Å². The van der Waals surface area contributed by atoms with E-state index in [4.69, 9.17) is 19.4 Å². The highest BCUT2D eigenvalue weighted by Crippen LogP contribution is 2.42. The second kappa shape index (κ2) is 11.2. The molecular weight excluding hydrogens is 574 g/mol. The summed E-state index contributed by atoms with van der Waals surface area (Å²) in [5, 5.41) is 4.24. The van der Waals surface area contributed by atoms with E-state index in [1.807, 2.05) is 54.6 Å². The molecule has 0 N–H and O–H groups in total. The summed E-state index contributed by atoms with van der Waals surface area (Å²) >= 11 is 0. The van der Waals surface area contributed by atoms with Gasteiger partial charge < -0.3 is 4.42 Å². The van der Waals surface area contributed by atoms with Crippen LogP contribution in [0.4, 0.5) is 0 Å². The van der Waals surface area contributed by atoms with Crippen LogP contribution in [0, 0.1) is 0 Å². The maximum Gasteiger partial charge on any atom is 0.164 e. The molecule has 0 aliphatic rings. The number of aromatic nitrogens is 3. The zero-order chi connectivity index (χ0) is 31.2. The predicted octanol–water partition coefficient (Wildman–Crippen LogP) is 11.3. The summed E-state index contributed by atoms with van der Waals surface area (Å²) in [4.78, 5) is 15.3. The minimum Gasteiger partial charge on any atom is -0.455 e. The Morgan fingerprint density at radius 1 is 0.340 bits per heavy atom. The standard InChI is InChI=1S/C43H27N3O/c1-3-12-28(13-4-1)29-22-24-31(25-23-29)34-26-27-37(39-36-19-9-10-21-38(36)47-40(34)39)43-45-41(32-15-5-2-6-16-32)44-42(46-43)35-20-11-17-30-14-7-8-18-33(30)35/h1-27H. The highest BCUT2D eigenvalue weighted by atomic mass is 16.3. The van der Waals surface area contributed by atoms with Gasteiger partial charge in [0.1, 0.15) is 11.2 Å². The van der Waals surface area contributed by atoms with Crippen molar-refractivity contribution in [2.45, 2.75) is 0 Å². The Balaban J connectivity index is 1.27. The molecule has 0 atom stereocenters. The van der Waals surface area contributed by atoms with E-state index in [9.17, 15) is 0 Å². The monoisotopic (exact) mass is 601 g/mol. The lowest BCUT2D eigenvalue weighted by atomic mass is 9.96. The van der Waals surface area contributed by atoms with Gasteiger partial charge in [-0.2, -0.15) is 0 Å². The molecule has 0 radical (unpaired) electrons. The molecule has 0 saturated carbocycles. The molecule has 9 rings (SSSR count). The van der Waals surface area contributed by atoms with Gasteiger partial charge in [-0.3, -0.25) is 0 Å². The first-order valence-electron chi connectivity index (χ1n) is 15.7. The zero-order valence-electron chi connectivity index (χ0n) is 25.3. The first-order valence-corrected chi connectivity index (χ1v) is 15.7. The third-order valence-corrected chi connectivity index (χ3v) is 8.77. The molecule has 9 aromatic rings. The van der Waals surface area contributed by atoms with E-state index in [2.05, 4.69) is 109 Å². The molecule has 0 fully saturated rings. The summed E-state index contributed by atoms with van der Waals surface area (Å²) in [7, 11) is 0. The van der Waals surface area contributed by atoms with Crippen molar-refractivity contribution in [3.8, 4) is 56.4 Å². The van der Waals surface area contributed by atoms with E-state index in [0.717, 1.165) is 60.5 Å². The van der Waals surface area contributed by atoms with Crippen LogP contribution in [-0.4, -0.2) is 15.0 Å². The quantitative estimate of drug-likeness (QED) is 0.197. The molecule has 2 heterocycles. The van der Waals surface area contributed by atoms with E-state index in [-0.39, 0.29) is 0 Å². The van der Waals surface area contributed by atoms with Crippen molar-refractivity contribution in [1.29, 1.82) is 0 Å². The average Bonchev–Trinajstić information content (AvgIpc) is 3.55. The molecule has 220 valence electrons. The fourth-order valence-electron chi connectivity index (χ4n) is 6.47. The Morgan fingerprint density at radius 3 is 1.68 bits per heavy atom. The lowest BCUT2D eigenvalue weighted by Gasteiger charge is -2.12. The van der Waals surface area contributed by atoms with E-state index in [1.54, 1.807) is 0 Å². The van der Waals surface area contributed by atoms with Crippen LogP contribution < -0.4 is 0 Å². The van der Waals surface area contributed by atoms with Crippen LogP contribution in [0.15, 0.2) is 168 Å². The summed E-state index contributed by atoms with van der Waals surface area (Å²) in [5.74, 6) is 1.86. The maximum absolute atomic E-state index is 6.63. The van der Waals surface area contributed by atoms with Gasteiger partial charge in [-0.1, -0.05) is 146 Å². The highest BCUT2D eigenvalue weighted by Gasteiger charge is 2.21. The number of hydrogen-bond acceptors (Lipinski definition) is 4. The van der Waals surface area contributed by atoms with Crippen molar-refractivity contribution in [3.63, 3.8) is 0 Å². The van der Waals surface area contributed by atoms with Gasteiger partial charge in [0, 0.05) is 33.0 Å². The van der Waals surface area contributed by atoms with Gasteiger partial charge in [-0.15, -0.1) is 0 Å².